The zero-order chi connectivity index (χ0) is 12.2. The van der Waals surface area contributed by atoms with E-state index in [1.807, 2.05) is 0 Å². The first-order valence-electron chi connectivity index (χ1n) is 3.93. The number of carboxylic acids is 1. The van der Waals surface area contributed by atoms with Crippen LogP contribution in [0.2, 0.25) is 0 Å². The maximum atomic E-state index is 11.8. The molecule has 0 radical (unpaired) electrons. The average Bonchev–Trinajstić information content (AvgIpc) is 2.10. The van der Waals surface area contributed by atoms with Crippen molar-refractivity contribution in [1.82, 2.24) is 0 Å². The second-order valence-electron chi connectivity index (χ2n) is 2.85. The molecule has 3 nitrogen and oxygen atoms in total. The fraction of sp³-hybridized carbons (Fsp3) is 0.625. The highest BCUT2D eigenvalue weighted by atomic mass is 79.9. The van der Waals surface area contributed by atoms with Crippen molar-refractivity contribution in [3.63, 3.8) is 0 Å². The van der Waals surface area contributed by atoms with Crippen LogP contribution in [0.1, 0.15) is 13.8 Å². The summed E-state index contributed by atoms with van der Waals surface area (Å²) in [5.74, 6) is -1.20. The van der Waals surface area contributed by atoms with Crippen molar-refractivity contribution in [2.75, 3.05) is 6.61 Å². The molecule has 7 heteroatoms. The lowest BCUT2D eigenvalue weighted by Gasteiger charge is -2.15. The van der Waals surface area contributed by atoms with Crippen molar-refractivity contribution >= 4 is 21.9 Å². The molecule has 0 spiro atoms. The van der Waals surface area contributed by atoms with E-state index in [4.69, 9.17) is 5.11 Å². The summed E-state index contributed by atoms with van der Waals surface area (Å²) in [6.45, 7) is 1.21. The third kappa shape index (κ3) is 5.78. The number of carbonyl (C=O) groups is 1. The van der Waals surface area contributed by atoms with Crippen molar-refractivity contribution in [1.29, 1.82) is 0 Å². The Hall–Kier alpha value is -0.560. The molecule has 0 saturated carbocycles. The van der Waals surface area contributed by atoms with Crippen LogP contribution in [0.5, 0.6) is 0 Å². The molecule has 88 valence electrons. The normalized spacial score (nSPS) is 15.9. The van der Waals surface area contributed by atoms with Crippen LogP contribution >= 0.6 is 15.9 Å². The quantitative estimate of drug-likeness (QED) is 0.810. The zero-order valence-corrected chi connectivity index (χ0v) is 9.65. The Bertz CT molecular complexity index is 273. The monoisotopic (exact) mass is 290 g/mol. The number of halogens is 4. The standard InChI is InChI=1S/C8H10BrF3O3/c1-4(7(13)14)6(9)5(2)15-3-8(10,11)12/h5H,3H2,1-2H3,(H,13,14)/b6-4-. The van der Waals surface area contributed by atoms with Crippen LogP contribution in [-0.4, -0.2) is 30.0 Å². The van der Waals surface area contributed by atoms with Crippen molar-refractivity contribution < 1.29 is 27.8 Å². The maximum Gasteiger partial charge on any atom is 0.411 e. The Labute approximate surface area is 93.0 Å². The summed E-state index contributed by atoms with van der Waals surface area (Å²) in [6, 6.07) is 0. The van der Waals surface area contributed by atoms with Crippen LogP contribution in [0, 0.1) is 0 Å². The summed E-state index contributed by atoms with van der Waals surface area (Å²) in [5.41, 5.74) is -0.0790. The van der Waals surface area contributed by atoms with Crippen LogP contribution in [0.4, 0.5) is 13.2 Å². The van der Waals surface area contributed by atoms with E-state index in [1.165, 1.54) is 13.8 Å². The highest BCUT2D eigenvalue weighted by Gasteiger charge is 2.29. The molecule has 0 heterocycles. The van der Waals surface area contributed by atoms with Crippen LogP contribution < -0.4 is 0 Å². The third-order valence-corrected chi connectivity index (χ3v) is 2.77. The molecule has 0 rings (SSSR count). The second-order valence-corrected chi connectivity index (χ2v) is 3.70. The Morgan fingerprint density at radius 2 is 2.00 bits per heavy atom. The minimum Gasteiger partial charge on any atom is -0.478 e. The highest BCUT2D eigenvalue weighted by molar-refractivity contribution is 9.11. The fourth-order valence-corrected chi connectivity index (χ4v) is 1.00. The van der Waals surface area contributed by atoms with E-state index in [9.17, 15) is 18.0 Å². The molecule has 1 unspecified atom stereocenters. The molecule has 0 saturated heterocycles. The van der Waals surface area contributed by atoms with E-state index >= 15 is 0 Å². The van der Waals surface area contributed by atoms with Gasteiger partial charge in [0.05, 0.1) is 6.10 Å². The topological polar surface area (TPSA) is 46.5 Å². The minimum absolute atomic E-state index is 0.0790. The number of aliphatic carboxylic acids is 1. The molecule has 0 aliphatic rings. The van der Waals surface area contributed by atoms with Crippen LogP contribution in [0.3, 0.4) is 0 Å². The lowest BCUT2D eigenvalue weighted by atomic mass is 10.2. The van der Waals surface area contributed by atoms with Gasteiger partial charge in [0.25, 0.3) is 0 Å². The first kappa shape index (κ1) is 14.4. The molecule has 0 aromatic heterocycles. The largest absolute Gasteiger partial charge is 0.478 e. The molecule has 0 aliphatic carbocycles. The zero-order valence-electron chi connectivity index (χ0n) is 8.06. The second kappa shape index (κ2) is 5.50. The molecule has 0 aromatic carbocycles. The predicted octanol–water partition coefficient (Wildman–Crippen LogP) is 2.71. The lowest BCUT2D eigenvalue weighted by Crippen LogP contribution is -2.22. The Kier molecular flexibility index (Phi) is 5.30. The van der Waals surface area contributed by atoms with Crippen molar-refractivity contribution in [3.8, 4) is 0 Å². The van der Waals surface area contributed by atoms with E-state index < -0.39 is 24.9 Å². The summed E-state index contributed by atoms with van der Waals surface area (Å²) < 4.78 is 39.8. The van der Waals surface area contributed by atoms with Gasteiger partial charge >= 0.3 is 12.1 Å². The third-order valence-electron chi connectivity index (χ3n) is 1.53. The molecule has 0 aliphatic heterocycles. The van der Waals surface area contributed by atoms with E-state index in [-0.39, 0.29) is 10.1 Å². The molecule has 0 aromatic rings. The van der Waals surface area contributed by atoms with Gasteiger partial charge in [-0.05, 0) is 13.8 Å². The summed E-state index contributed by atoms with van der Waals surface area (Å²) in [6.07, 6.45) is -5.36. The van der Waals surface area contributed by atoms with Crippen molar-refractivity contribution in [3.05, 3.63) is 10.1 Å². The number of rotatable bonds is 4. The smallest absolute Gasteiger partial charge is 0.411 e. The molecule has 0 amide bonds. The molecule has 1 atom stereocenters. The molecule has 0 bridgehead atoms. The van der Waals surface area contributed by atoms with E-state index in [0.29, 0.717) is 0 Å². The number of hydrogen-bond donors (Lipinski definition) is 1. The first-order chi connectivity index (χ1) is 6.65. The highest BCUT2D eigenvalue weighted by Crippen LogP contribution is 2.22. The summed E-state index contributed by atoms with van der Waals surface area (Å²) in [7, 11) is 0. The molecule has 1 N–H and O–H groups in total. The summed E-state index contributed by atoms with van der Waals surface area (Å²) in [4.78, 5) is 10.5. The van der Waals surface area contributed by atoms with E-state index in [1.54, 1.807) is 0 Å². The number of ether oxygens (including phenoxy) is 1. The van der Waals surface area contributed by atoms with Crippen LogP contribution in [-0.2, 0) is 9.53 Å². The van der Waals surface area contributed by atoms with Gasteiger partial charge in [0.15, 0.2) is 0 Å². The Morgan fingerprint density at radius 1 is 1.53 bits per heavy atom. The van der Waals surface area contributed by atoms with Crippen molar-refractivity contribution in [2.45, 2.75) is 26.1 Å². The number of alkyl halides is 3. The van der Waals surface area contributed by atoms with E-state index in [2.05, 4.69) is 20.7 Å². The van der Waals surface area contributed by atoms with E-state index in [0.717, 1.165) is 0 Å². The SMILES string of the molecule is C/C(C(=O)O)=C(/Br)C(C)OCC(F)(F)F. The van der Waals surface area contributed by atoms with Gasteiger partial charge in [-0.25, -0.2) is 4.79 Å². The Balaban J connectivity index is 4.41. The van der Waals surface area contributed by atoms with Gasteiger partial charge < -0.3 is 9.84 Å². The van der Waals surface area contributed by atoms with Gasteiger partial charge in [-0.3, -0.25) is 0 Å². The van der Waals surface area contributed by atoms with Gasteiger partial charge in [-0.2, -0.15) is 13.2 Å². The Morgan fingerprint density at radius 3 is 2.33 bits per heavy atom. The number of hydrogen-bond acceptors (Lipinski definition) is 2. The maximum absolute atomic E-state index is 11.8. The van der Waals surface area contributed by atoms with Gasteiger partial charge in [0, 0.05) is 10.1 Å². The molecule has 15 heavy (non-hydrogen) atoms. The summed E-state index contributed by atoms with van der Waals surface area (Å²) in [5, 5.41) is 8.56. The fourth-order valence-electron chi connectivity index (χ4n) is 0.700. The van der Waals surface area contributed by atoms with Crippen molar-refractivity contribution in [2.24, 2.45) is 0 Å². The minimum atomic E-state index is -4.42. The van der Waals surface area contributed by atoms with Gasteiger partial charge in [0.2, 0.25) is 0 Å². The van der Waals surface area contributed by atoms with Gasteiger partial charge in [-0.15, -0.1) is 0 Å². The first-order valence-corrected chi connectivity index (χ1v) is 4.72. The number of carboxylic acid groups (broad SMARTS) is 1. The van der Waals surface area contributed by atoms with Crippen LogP contribution in [0.25, 0.3) is 0 Å². The van der Waals surface area contributed by atoms with Gasteiger partial charge in [-0.1, -0.05) is 15.9 Å². The predicted molar refractivity (Wildman–Crippen MR) is 50.7 cm³/mol. The van der Waals surface area contributed by atoms with Gasteiger partial charge in [0.1, 0.15) is 6.61 Å². The molecular weight excluding hydrogens is 281 g/mol. The lowest BCUT2D eigenvalue weighted by molar-refractivity contribution is -0.179. The van der Waals surface area contributed by atoms with Crippen LogP contribution in [0.15, 0.2) is 10.1 Å². The molecule has 0 fully saturated rings. The summed E-state index contributed by atoms with van der Waals surface area (Å²) >= 11 is 2.88. The average molecular weight is 291 g/mol. The molecular formula is C8H10BrF3O3.